The van der Waals surface area contributed by atoms with Gasteiger partial charge in [0, 0.05) is 23.0 Å². The first-order valence-corrected chi connectivity index (χ1v) is 8.61. The molecule has 0 aliphatic carbocycles. The third kappa shape index (κ3) is 6.62. The molecule has 29 heavy (non-hydrogen) atoms. The summed E-state index contributed by atoms with van der Waals surface area (Å²) < 4.78 is 4.99. The van der Waals surface area contributed by atoms with Crippen LogP contribution in [0.15, 0.2) is 60.2 Å². The summed E-state index contributed by atoms with van der Waals surface area (Å²) in [5.41, 5.74) is 1.99. The third-order valence-corrected chi connectivity index (χ3v) is 3.83. The zero-order chi connectivity index (χ0) is 21.4. The second-order valence-electron chi connectivity index (χ2n) is 6.14. The fourth-order valence-electron chi connectivity index (χ4n) is 2.24. The second-order valence-corrected chi connectivity index (χ2v) is 6.14. The van der Waals surface area contributed by atoms with Crippen LogP contribution in [0.5, 0.6) is 0 Å². The van der Waals surface area contributed by atoms with Gasteiger partial charge < -0.3 is 20.5 Å². The van der Waals surface area contributed by atoms with Crippen LogP contribution in [0.4, 0.5) is 11.4 Å². The maximum atomic E-state index is 12.1. The number of hydrogen-bond donors (Lipinski definition) is 3. The van der Waals surface area contributed by atoms with E-state index in [1.807, 2.05) is 19.1 Å². The maximum Gasteiger partial charge on any atom is 0.338 e. The minimum atomic E-state index is -1.19. The minimum absolute atomic E-state index is 0.105. The number of esters is 1. The Morgan fingerprint density at radius 1 is 1.00 bits per heavy atom. The number of benzene rings is 2. The molecular weight excluding hydrogens is 376 g/mol. The number of carboxylic acids is 1. The molecular formula is C21H20N2O6. The van der Waals surface area contributed by atoms with Gasteiger partial charge in [-0.05, 0) is 49.7 Å². The Morgan fingerprint density at radius 2 is 1.66 bits per heavy atom. The number of carboxylic acid groups (broad SMARTS) is 1. The molecule has 2 rings (SSSR count). The highest BCUT2D eigenvalue weighted by atomic mass is 16.5. The van der Waals surface area contributed by atoms with Crippen molar-refractivity contribution in [2.24, 2.45) is 0 Å². The van der Waals surface area contributed by atoms with Crippen molar-refractivity contribution in [2.75, 3.05) is 17.2 Å². The SMILES string of the molecule is CC(=CC(=O)Nc1ccc(C(=O)OCC(=O)Nc2ccccc2C)cc1)C(=O)O. The van der Waals surface area contributed by atoms with Gasteiger partial charge in [0.2, 0.25) is 5.91 Å². The van der Waals surface area contributed by atoms with Crippen molar-refractivity contribution in [3.05, 3.63) is 71.3 Å². The normalized spacial score (nSPS) is 10.8. The number of rotatable bonds is 7. The van der Waals surface area contributed by atoms with Gasteiger partial charge in [-0.15, -0.1) is 0 Å². The number of carbonyl (C=O) groups is 4. The number of ether oxygens (including phenoxy) is 1. The lowest BCUT2D eigenvalue weighted by Gasteiger charge is -2.09. The topological polar surface area (TPSA) is 122 Å². The molecule has 0 aliphatic rings. The number of anilines is 2. The van der Waals surface area contributed by atoms with Gasteiger partial charge in [0.15, 0.2) is 6.61 Å². The summed E-state index contributed by atoms with van der Waals surface area (Å²) in [6.45, 7) is 2.71. The Bertz CT molecular complexity index is 963. The molecule has 0 aromatic heterocycles. The van der Waals surface area contributed by atoms with Crippen molar-refractivity contribution >= 4 is 35.1 Å². The van der Waals surface area contributed by atoms with Crippen molar-refractivity contribution in [3.63, 3.8) is 0 Å². The number of carbonyl (C=O) groups excluding carboxylic acids is 3. The molecule has 0 bridgehead atoms. The Kier molecular flexibility index (Phi) is 7.25. The van der Waals surface area contributed by atoms with Gasteiger partial charge in [-0.25, -0.2) is 9.59 Å². The largest absolute Gasteiger partial charge is 0.478 e. The standard InChI is InChI=1S/C21H20N2O6/c1-13-5-3-4-6-17(13)23-19(25)12-29-21(28)15-7-9-16(10-8-15)22-18(24)11-14(2)20(26)27/h3-11H,12H2,1-2H3,(H,22,24)(H,23,25)(H,26,27). The molecule has 2 amide bonds. The molecule has 0 saturated carbocycles. The summed E-state index contributed by atoms with van der Waals surface area (Å²) in [5.74, 6) is -2.95. The first-order chi connectivity index (χ1) is 13.8. The zero-order valence-corrected chi connectivity index (χ0v) is 15.9. The number of aryl methyl sites for hydroxylation is 1. The predicted octanol–water partition coefficient (Wildman–Crippen LogP) is 2.76. The van der Waals surface area contributed by atoms with Crippen molar-refractivity contribution in [2.45, 2.75) is 13.8 Å². The van der Waals surface area contributed by atoms with Gasteiger partial charge in [-0.3, -0.25) is 9.59 Å². The molecule has 0 fully saturated rings. The molecule has 0 heterocycles. The van der Waals surface area contributed by atoms with Gasteiger partial charge in [0.1, 0.15) is 0 Å². The number of nitrogens with one attached hydrogen (secondary N) is 2. The molecule has 0 saturated heterocycles. The Labute approximate surface area is 167 Å². The van der Waals surface area contributed by atoms with Crippen molar-refractivity contribution in [1.29, 1.82) is 0 Å². The van der Waals surface area contributed by atoms with Crippen molar-refractivity contribution in [3.8, 4) is 0 Å². The summed E-state index contributed by atoms with van der Waals surface area (Å²) in [7, 11) is 0. The lowest BCUT2D eigenvalue weighted by Crippen LogP contribution is -2.21. The van der Waals surface area contributed by atoms with Gasteiger partial charge in [0.05, 0.1) is 5.56 Å². The number of amides is 2. The summed E-state index contributed by atoms with van der Waals surface area (Å²) in [6, 6.07) is 13.0. The number of para-hydroxylation sites is 1. The first kappa shape index (κ1) is 21.4. The summed E-state index contributed by atoms with van der Waals surface area (Å²) in [4.78, 5) is 46.4. The highest BCUT2D eigenvalue weighted by molar-refractivity contribution is 6.04. The molecule has 8 heteroatoms. The van der Waals surface area contributed by atoms with Crippen LogP contribution in [0.1, 0.15) is 22.8 Å². The highest BCUT2D eigenvalue weighted by Crippen LogP contribution is 2.13. The number of aliphatic carboxylic acids is 1. The van der Waals surface area contributed by atoms with E-state index in [0.717, 1.165) is 11.6 Å². The van der Waals surface area contributed by atoms with E-state index >= 15 is 0 Å². The van der Waals surface area contributed by atoms with E-state index in [1.165, 1.54) is 31.2 Å². The minimum Gasteiger partial charge on any atom is -0.478 e. The fourth-order valence-corrected chi connectivity index (χ4v) is 2.24. The molecule has 2 aromatic carbocycles. The van der Waals surface area contributed by atoms with E-state index in [9.17, 15) is 19.2 Å². The summed E-state index contributed by atoms with van der Waals surface area (Å²) in [5, 5.41) is 13.9. The average molecular weight is 396 g/mol. The Morgan fingerprint density at radius 3 is 2.28 bits per heavy atom. The van der Waals surface area contributed by atoms with E-state index < -0.39 is 30.4 Å². The van der Waals surface area contributed by atoms with Gasteiger partial charge >= 0.3 is 11.9 Å². The van der Waals surface area contributed by atoms with E-state index in [2.05, 4.69) is 10.6 Å². The van der Waals surface area contributed by atoms with Crippen LogP contribution in [0.25, 0.3) is 0 Å². The summed E-state index contributed by atoms with van der Waals surface area (Å²) >= 11 is 0. The first-order valence-electron chi connectivity index (χ1n) is 8.61. The van der Waals surface area contributed by atoms with Crippen molar-refractivity contribution < 1.29 is 29.0 Å². The quantitative estimate of drug-likeness (QED) is 0.489. The molecule has 2 aromatic rings. The van der Waals surface area contributed by atoms with E-state index in [0.29, 0.717) is 11.4 Å². The monoisotopic (exact) mass is 396 g/mol. The van der Waals surface area contributed by atoms with Crippen molar-refractivity contribution in [1.82, 2.24) is 0 Å². The third-order valence-electron chi connectivity index (χ3n) is 3.83. The van der Waals surface area contributed by atoms with Crippen LogP contribution in [0.2, 0.25) is 0 Å². The highest BCUT2D eigenvalue weighted by Gasteiger charge is 2.12. The molecule has 0 aliphatic heterocycles. The smallest absolute Gasteiger partial charge is 0.338 e. The van der Waals surface area contributed by atoms with Gasteiger partial charge in [-0.1, -0.05) is 18.2 Å². The van der Waals surface area contributed by atoms with E-state index in [1.54, 1.807) is 12.1 Å². The van der Waals surface area contributed by atoms with Crippen LogP contribution in [-0.2, 0) is 19.1 Å². The average Bonchev–Trinajstić information content (AvgIpc) is 2.68. The molecule has 3 N–H and O–H groups in total. The van der Waals surface area contributed by atoms with Gasteiger partial charge in [-0.2, -0.15) is 0 Å². The molecule has 0 radical (unpaired) electrons. The summed E-state index contributed by atoms with van der Waals surface area (Å²) in [6.07, 6.45) is 0.956. The lowest BCUT2D eigenvalue weighted by molar-refractivity contribution is -0.132. The lowest BCUT2D eigenvalue weighted by atomic mass is 10.2. The van der Waals surface area contributed by atoms with Crippen LogP contribution in [-0.4, -0.2) is 35.5 Å². The van der Waals surface area contributed by atoms with Gasteiger partial charge in [0.25, 0.3) is 5.91 Å². The fraction of sp³-hybridized carbons (Fsp3) is 0.143. The van der Waals surface area contributed by atoms with Crippen LogP contribution in [0.3, 0.4) is 0 Å². The van der Waals surface area contributed by atoms with E-state index in [4.69, 9.17) is 9.84 Å². The Hall–Kier alpha value is -3.94. The molecule has 0 spiro atoms. The van der Waals surface area contributed by atoms with E-state index in [-0.39, 0.29) is 11.1 Å². The number of hydrogen-bond acceptors (Lipinski definition) is 5. The predicted molar refractivity (Wildman–Crippen MR) is 107 cm³/mol. The molecule has 150 valence electrons. The zero-order valence-electron chi connectivity index (χ0n) is 15.9. The van der Waals surface area contributed by atoms with Crippen LogP contribution < -0.4 is 10.6 Å². The second kappa shape index (κ2) is 9.84. The maximum absolute atomic E-state index is 12.1. The molecule has 0 atom stereocenters. The van der Waals surface area contributed by atoms with Crippen LogP contribution in [0, 0.1) is 6.92 Å². The Balaban J connectivity index is 1.88. The molecule has 8 nitrogen and oxygen atoms in total. The molecule has 0 unspecified atom stereocenters. The van der Waals surface area contributed by atoms with Crippen LogP contribution >= 0.6 is 0 Å².